The quantitative estimate of drug-likeness (QED) is 0.701. The molecule has 0 amide bonds. The van der Waals surface area contributed by atoms with Crippen LogP contribution in [0, 0.1) is 0 Å². The zero-order chi connectivity index (χ0) is 14.4. The van der Waals surface area contributed by atoms with Gasteiger partial charge in [0.25, 0.3) is 0 Å². The fourth-order valence-corrected chi connectivity index (χ4v) is 3.23. The van der Waals surface area contributed by atoms with E-state index in [-0.39, 0.29) is 0 Å². The maximum Gasteiger partial charge on any atom is 0.174 e. The van der Waals surface area contributed by atoms with Gasteiger partial charge in [-0.3, -0.25) is 0 Å². The zero-order valence-electron chi connectivity index (χ0n) is 11.2. The standard InChI is InChI=1S/C14H16Br2N2O2/c1-2-4-17-8-10-6-12(15)14(13(16)7-10)19-9-11-3-5-18-20-11/h3,5-7,17H,2,4,8-9H2,1H3. The van der Waals surface area contributed by atoms with E-state index in [0.29, 0.717) is 12.4 Å². The average molecular weight is 404 g/mol. The summed E-state index contributed by atoms with van der Waals surface area (Å²) in [5.74, 6) is 1.46. The van der Waals surface area contributed by atoms with Crippen molar-refractivity contribution in [3.63, 3.8) is 0 Å². The van der Waals surface area contributed by atoms with Gasteiger partial charge in [0.15, 0.2) is 5.76 Å². The van der Waals surface area contributed by atoms with Gasteiger partial charge in [-0.15, -0.1) is 0 Å². The van der Waals surface area contributed by atoms with Gasteiger partial charge in [-0.1, -0.05) is 12.1 Å². The molecule has 0 fully saturated rings. The zero-order valence-corrected chi connectivity index (χ0v) is 14.3. The number of benzene rings is 1. The van der Waals surface area contributed by atoms with Crippen LogP contribution in [-0.4, -0.2) is 11.7 Å². The minimum absolute atomic E-state index is 0.352. The van der Waals surface area contributed by atoms with E-state index in [9.17, 15) is 0 Å². The molecule has 0 bridgehead atoms. The Morgan fingerprint density at radius 3 is 2.65 bits per heavy atom. The Hall–Kier alpha value is -0.850. The predicted molar refractivity (Wildman–Crippen MR) is 84.7 cm³/mol. The molecule has 0 aliphatic carbocycles. The van der Waals surface area contributed by atoms with Gasteiger partial charge in [-0.05, 0) is 62.5 Å². The van der Waals surface area contributed by atoms with Crippen molar-refractivity contribution >= 4 is 31.9 Å². The second kappa shape index (κ2) is 7.81. The maximum absolute atomic E-state index is 5.74. The molecule has 0 atom stereocenters. The third kappa shape index (κ3) is 4.33. The van der Waals surface area contributed by atoms with Gasteiger partial charge < -0.3 is 14.6 Å². The monoisotopic (exact) mass is 402 g/mol. The summed E-state index contributed by atoms with van der Waals surface area (Å²) in [5.41, 5.74) is 1.20. The van der Waals surface area contributed by atoms with Crippen LogP contribution in [0.2, 0.25) is 0 Å². The lowest BCUT2D eigenvalue weighted by atomic mass is 10.2. The van der Waals surface area contributed by atoms with Gasteiger partial charge in [0.1, 0.15) is 12.4 Å². The Kier molecular flexibility index (Phi) is 6.06. The molecule has 6 heteroatoms. The van der Waals surface area contributed by atoms with Crippen LogP contribution in [0.25, 0.3) is 0 Å². The number of hydrogen-bond donors (Lipinski definition) is 1. The lowest BCUT2D eigenvalue weighted by molar-refractivity contribution is 0.247. The first-order valence-corrected chi connectivity index (χ1v) is 8.00. The Morgan fingerprint density at radius 2 is 2.05 bits per heavy atom. The highest BCUT2D eigenvalue weighted by atomic mass is 79.9. The fourth-order valence-electron chi connectivity index (χ4n) is 1.72. The molecule has 0 spiro atoms. The highest BCUT2D eigenvalue weighted by Gasteiger charge is 2.10. The highest BCUT2D eigenvalue weighted by molar-refractivity contribution is 9.11. The number of rotatable bonds is 7. The van der Waals surface area contributed by atoms with Crippen LogP contribution >= 0.6 is 31.9 Å². The van der Waals surface area contributed by atoms with Crippen LogP contribution < -0.4 is 10.1 Å². The second-order valence-electron chi connectivity index (χ2n) is 4.33. The molecule has 20 heavy (non-hydrogen) atoms. The van der Waals surface area contributed by atoms with Crippen molar-refractivity contribution in [3.8, 4) is 5.75 Å². The number of nitrogens with zero attached hydrogens (tertiary/aromatic N) is 1. The van der Waals surface area contributed by atoms with E-state index >= 15 is 0 Å². The van der Waals surface area contributed by atoms with Crippen molar-refractivity contribution < 1.29 is 9.26 Å². The van der Waals surface area contributed by atoms with Crippen molar-refractivity contribution in [1.82, 2.24) is 10.5 Å². The molecule has 0 aliphatic rings. The minimum atomic E-state index is 0.352. The maximum atomic E-state index is 5.74. The first-order chi connectivity index (χ1) is 9.70. The fraction of sp³-hybridized carbons (Fsp3) is 0.357. The Labute approximate surface area is 135 Å². The summed E-state index contributed by atoms with van der Waals surface area (Å²) in [4.78, 5) is 0. The molecular weight excluding hydrogens is 388 g/mol. The molecule has 1 aromatic heterocycles. The van der Waals surface area contributed by atoms with E-state index in [0.717, 1.165) is 34.2 Å². The number of nitrogens with one attached hydrogen (secondary N) is 1. The van der Waals surface area contributed by atoms with Crippen LogP contribution in [0.4, 0.5) is 0 Å². The Balaban J connectivity index is 2.02. The summed E-state index contributed by atoms with van der Waals surface area (Å²) in [6, 6.07) is 5.90. The van der Waals surface area contributed by atoms with E-state index in [1.54, 1.807) is 12.3 Å². The van der Waals surface area contributed by atoms with Crippen LogP contribution in [-0.2, 0) is 13.2 Å². The van der Waals surface area contributed by atoms with E-state index in [1.807, 2.05) is 0 Å². The van der Waals surface area contributed by atoms with Crippen molar-refractivity contribution in [3.05, 3.63) is 44.7 Å². The second-order valence-corrected chi connectivity index (χ2v) is 6.04. The summed E-state index contributed by atoms with van der Waals surface area (Å²) in [6.45, 7) is 4.36. The van der Waals surface area contributed by atoms with Crippen LogP contribution in [0.15, 0.2) is 37.9 Å². The van der Waals surface area contributed by atoms with Gasteiger partial charge in [-0.2, -0.15) is 0 Å². The summed E-state index contributed by atoms with van der Waals surface area (Å²) < 4.78 is 12.6. The lowest BCUT2D eigenvalue weighted by Crippen LogP contribution is -2.13. The van der Waals surface area contributed by atoms with Crippen LogP contribution in [0.3, 0.4) is 0 Å². The smallest absolute Gasteiger partial charge is 0.174 e. The number of ether oxygens (including phenoxy) is 1. The van der Waals surface area contributed by atoms with Crippen molar-refractivity contribution in [1.29, 1.82) is 0 Å². The van der Waals surface area contributed by atoms with Crippen LogP contribution in [0.1, 0.15) is 24.7 Å². The number of halogens is 2. The van der Waals surface area contributed by atoms with Crippen molar-refractivity contribution in [2.75, 3.05) is 6.54 Å². The summed E-state index contributed by atoms with van der Waals surface area (Å²) in [5, 5.41) is 7.02. The van der Waals surface area contributed by atoms with Gasteiger partial charge in [-0.25, -0.2) is 0 Å². The van der Waals surface area contributed by atoms with E-state index in [2.05, 4.69) is 61.4 Å². The molecule has 0 saturated carbocycles. The molecule has 0 saturated heterocycles. The van der Waals surface area contributed by atoms with E-state index in [4.69, 9.17) is 9.26 Å². The minimum Gasteiger partial charge on any atom is -0.483 e. The third-order valence-electron chi connectivity index (χ3n) is 2.66. The summed E-state index contributed by atoms with van der Waals surface area (Å²) >= 11 is 7.08. The predicted octanol–water partition coefficient (Wildman–Crippen LogP) is 4.28. The summed E-state index contributed by atoms with van der Waals surface area (Å²) in [7, 11) is 0. The SMILES string of the molecule is CCCNCc1cc(Br)c(OCc2ccno2)c(Br)c1. The third-order valence-corrected chi connectivity index (χ3v) is 3.84. The largest absolute Gasteiger partial charge is 0.483 e. The molecule has 2 rings (SSSR count). The van der Waals surface area contributed by atoms with E-state index < -0.39 is 0 Å². The molecule has 0 radical (unpaired) electrons. The highest BCUT2D eigenvalue weighted by Crippen LogP contribution is 2.35. The average Bonchev–Trinajstić information content (AvgIpc) is 2.91. The van der Waals surface area contributed by atoms with Crippen molar-refractivity contribution in [2.45, 2.75) is 26.5 Å². The van der Waals surface area contributed by atoms with Gasteiger partial charge in [0.2, 0.25) is 0 Å². The van der Waals surface area contributed by atoms with Gasteiger partial charge in [0.05, 0.1) is 15.1 Å². The molecule has 1 heterocycles. The normalized spacial score (nSPS) is 10.8. The first kappa shape index (κ1) is 15.5. The molecule has 2 aromatic rings. The molecule has 1 N–H and O–H groups in total. The number of aromatic nitrogens is 1. The van der Waals surface area contributed by atoms with Gasteiger partial charge >= 0.3 is 0 Å². The lowest BCUT2D eigenvalue weighted by Gasteiger charge is -2.11. The molecule has 0 unspecified atom stereocenters. The topological polar surface area (TPSA) is 47.3 Å². The Bertz CT molecular complexity index is 521. The van der Waals surface area contributed by atoms with Crippen LogP contribution in [0.5, 0.6) is 5.75 Å². The molecule has 108 valence electrons. The van der Waals surface area contributed by atoms with E-state index in [1.165, 1.54) is 5.56 Å². The molecular formula is C14H16Br2N2O2. The number of hydrogen-bond acceptors (Lipinski definition) is 4. The molecule has 0 aliphatic heterocycles. The molecule has 1 aromatic carbocycles. The van der Waals surface area contributed by atoms with Crippen molar-refractivity contribution in [2.24, 2.45) is 0 Å². The first-order valence-electron chi connectivity index (χ1n) is 6.41. The van der Waals surface area contributed by atoms with Gasteiger partial charge in [0, 0.05) is 12.6 Å². The molecule has 4 nitrogen and oxygen atoms in total. The summed E-state index contributed by atoms with van der Waals surface area (Å²) in [6.07, 6.45) is 2.73. The Morgan fingerprint density at radius 1 is 1.30 bits per heavy atom.